The molecule has 7 heteroatoms. The minimum atomic E-state index is -3.36. The van der Waals surface area contributed by atoms with Crippen LogP contribution >= 0.6 is 11.6 Å². The average molecular weight is 319 g/mol. The molecule has 0 atom stereocenters. The number of ether oxygens (including phenoxy) is 1. The van der Waals surface area contributed by atoms with Gasteiger partial charge >= 0.3 is 0 Å². The first-order chi connectivity index (χ1) is 9.55. The summed E-state index contributed by atoms with van der Waals surface area (Å²) in [7, 11) is -3.36. The van der Waals surface area contributed by atoms with E-state index in [1.54, 1.807) is 12.4 Å². The molecule has 0 unspecified atom stereocenters. The van der Waals surface area contributed by atoms with E-state index in [0.29, 0.717) is 32.5 Å². The molecule has 1 N–H and O–H groups in total. The van der Waals surface area contributed by atoms with E-state index in [1.807, 2.05) is 12.1 Å². The average Bonchev–Trinajstić information content (AvgIpc) is 2.47. The third-order valence-electron chi connectivity index (χ3n) is 3.49. The first-order valence-electron chi connectivity index (χ1n) is 6.60. The lowest BCUT2D eigenvalue weighted by Gasteiger charge is -2.35. The van der Waals surface area contributed by atoms with Crippen molar-refractivity contribution in [3.8, 4) is 0 Å². The maximum absolute atomic E-state index is 12.2. The Balaban J connectivity index is 1.96. The van der Waals surface area contributed by atoms with Gasteiger partial charge < -0.3 is 4.74 Å². The molecule has 0 radical (unpaired) electrons. The quantitative estimate of drug-likeness (QED) is 0.804. The van der Waals surface area contributed by atoms with Crippen molar-refractivity contribution in [3.63, 3.8) is 0 Å². The molecule has 0 amide bonds. The second kappa shape index (κ2) is 6.85. The molecule has 2 rings (SSSR count). The number of hydrogen-bond acceptors (Lipinski definition) is 4. The first-order valence-corrected chi connectivity index (χ1v) is 8.78. The fourth-order valence-electron chi connectivity index (χ4n) is 2.21. The number of nitrogens with one attached hydrogen (secondary N) is 1. The molecule has 112 valence electrons. The summed E-state index contributed by atoms with van der Waals surface area (Å²) >= 11 is 5.97. The highest BCUT2D eigenvalue weighted by Crippen LogP contribution is 2.23. The van der Waals surface area contributed by atoms with Crippen LogP contribution in [0.3, 0.4) is 0 Å². The summed E-state index contributed by atoms with van der Waals surface area (Å²) in [6, 6.07) is 3.64. The number of alkyl halides is 1. The van der Waals surface area contributed by atoms with Gasteiger partial charge in [0, 0.05) is 31.5 Å². The van der Waals surface area contributed by atoms with Crippen LogP contribution in [0.15, 0.2) is 24.5 Å². The van der Waals surface area contributed by atoms with Crippen LogP contribution in [0.1, 0.15) is 18.4 Å². The molecule has 1 aromatic rings. The smallest absolute Gasteiger partial charge is 0.212 e. The highest BCUT2D eigenvalue weighted by Gasteiger charge is 2.35. The molecule has 0 saturated carbocycles. The lowest BCUT2D eigenvalue weighted by molar-refractivity contribution is 0.0549. The number of rotatable bonds is 6. The maximum atomic E-state index is 12.2. The van der Waals surface area contributed by atoms with Gasteiger partial charge in [-0.05, 0) is 37.0 Å². The minimum Gasteiger partial charge on any atom is -0.381 e. The predicted octanol–water partition coefficient (Wildman–Crippen LogP) is 1.33. The zero-order valence-corrected chi connectivity index (χ0v) is 12.8. The minimum absolute atomic E-state index is 0.0521. The number of hydrogen-bond donors (Lipinski definition) is 1. The molecule has 20 heavy (non-hydrogen) atoms. The molecule has 1 aromatic heterocycles. The normalized spacial score (nSPS) is 18.9. The first kappa shape index (κ1) is 15.7. The fourth-order valence-corrected chi connectivity index (χ4v) is 4.16. The monoisotopic (exact) mass is 318 g/mol. The summed E-state index contributed by atoms with van der Waals surface area (Å²) in [6.07, 6.45) is 5.02. The van der Waals surface area contributed by atoms with Crippen LogP contribution in [-0.4, -0.2) is 43.8 Å². The highest BCUT2D eigenvalue weighted by molar-refractivity contribution is 7.89. The molecule has 0 aromatic carbocycles. The molecule has 0 spiro atoms. The fraction of sp³-hybridized carbons (Fsp3) is 0.615. The van der Waals surface area contributed by atoms with Gasteiger partial charge in [-0.3, -0.25) is 4.98 Å². The Labute approximate surface area is 124 Å². The van der Waals surface area contributed by atoms with E-state index in [0.717, 1.165) is 5.56 Å². The molecule has 1 aliphatic rings. The third kappa shape index (κ3) is 4.41. The lowest BCUT2D eigenvalue weighted by atomic mass is 9.94. The van der Waals surface area contributed by atoms with Gasteiger partial charge in [-0.1, -0.05) is 0 Å². The summed E-state index contributed by atoms with van der Waals surface area (Å²) in [5, 5.41) is 0. The van der Waals surface area contributed by atoms with Gasteiger partial charge in [0.25, 0.3) is 0 Å². The van der Waals surface area contributed by atoms with Gasteiger partial charge in [-0.25, -0.2) is 13.1 Å². The van der Waals surface area contributed by atoms with Crippen molar-refractivity contribution < 1.29 is 13.2 Å². The Morgan fingerprint density at radius 1 is 1.30 bits per heavy atom. The molecule has 0 aliphatic carbocycles. The molecule has 1 saturated heterocycles. The number of sulfonamides is 1. The Morgan fingerprint density at radius 3 is 2.55 bits per heavy atom. The van der Waals surface area contributed by atoms with Gasteiger partial charge in [0.05, 0.1) is 11.3 Å². The zero-order chi connectivity index (χ0) is 14.5. The van der Waals surface area contributed by atoms with Gasteiger partial charge in [0.1, 0.15) is 0 Å². The van der Waals surface area contributed by atoms with Crippen molar-refractivity contribution in [1.82, 2.24) is 9.71 Å². The largest absolute Gasteiger partial charge is 0.381 e. The van der Waals surface area contributed by atoms with Crippen LogP contribution in [0.25, 0.3) is 0 Å². The second-order valence-corrected chi connectivity index (χ2v) is 7.16. The second-order valence-electron chi connectivity index (χ2n) is 5.05. The summed E-state index contributed by atoms with van der Waals surface area (Å²) < 4.78 is 32.5. The van der Waals surface area contributed by atoms with Crippen molar-refractivity contribution in [3.05, 3.63) is 30.1 Å². The molecular weight excluding hydrogens is 300 g/mol. The van der Waals surface area contributed by atoms with Crippen LogP contribution in [0.4, 0.5) is 0 Å². The van der Waals surface area contributed by atoms with Gasteiger partial charge in [0.2, 0.25) is 10.0 Å². The number of aryl methyl sites for hydroxylation is 1. The Bertz CT molecular complexity index is 516. The molecule has 2 heterocycles. The molecule has 0 bridgehead atoms. The van der Waals surface area contributed by atoms with Crippen molar-refractivity contribution in [2.45, 2.75) is 24.8 Å². The van der Waals surface area contributed by atoms with E-state index in [-0.39, 0.29) is 11.6 Å². The van der Waals surface area contributed by atoms with E-state index in [9.17, 15) is 8.42 Å². The van der Waals surface area contributed by atoms with E-state index < -0.39 is 15.6 Å². The van der Waals surface area contributed by atoms with E-state index >= 15 is 0 Å². The summed E-state index contributed by atoms with van der Waals surface area (Å²) in [5.74, 6) is 0.321. The third-order valence-corrected chi connectivity index (χ3v) is 5.48. The molecular formula is C13H19ClN2O3S. The topological polar surface area (TPSA) is 68.3 Å². The number of halogens is 1. The van der Waals surface area contributed by atoms with Gasteiger partial charge in [0.15, 0.2) is 0 Å². The Hall–Kier alpha value is -0.690. The van der Waals surface area contributed by atoms with Crippen LogP contribution in [0, 0.1) is 0 Å². The van der Waals surface area contributed by atoms with E-state index in [1.165, 1.54) is 0 Å². The molecule has 1 aliphatic heterocycles. The van der Waals surface area contributed by atoms with Crippen molar-refractivity contribution in [1.29, 1.82) is 0 Å². The van der Waals surface area contributed by atoms with Crippen molar-refractivity contribution in [2.75, 3.05) is 24.8 Å². The van der Waals surface area contributed by atoms with E-state index in [2.05, 4.69) is 9.71 Å². The van der Waals surface area contributed by atoms with Crippen molar-refractivity contribution >= 4 is 21.6 Å². The summed E-state index contributed by atoms with van der Waals surface area (Å²) in [4.78, 5) is 3.91. The molecule has 1 fully saturated rings. The van der Waals surface area contributed by atoms with Gasteiger partial charge in [-0.2, -0.15) is 0 Å². The highest BCUT2D eigenvalue weighted by atomic mass is 35.5. The zero-order valence-electron chi connectivity index (χ0n) is 11.2. The molecule has 5 nitrogen and oxygen atoms in total. The summed E-state index contributed by atoms with van der Waals surface area (Å²) in [6.45, 7) is 1.08. The van der Waals surface area contributed by atoms with Crippen LogP contribution in [0.2, 0.25) is 0 Å². The summed E-state index contributed by atoms with van der Waals surface area (Å²) in [5.41, 5.74) is 0.397. The maximum Gasteiger partial charge on any atom is 0.212 e. The van der Waals surface area contributed by atoms with Crippen LogP contribution < -0.4 is 4.72 Å². The SMILES string of the molecule is O=S(=O)(CCc1ccncc1)NC1(CCl)CCOCC1. The van der Waals surface area contributed by atoms with Gasteiger partial charge in [-0.15, -0.1) is 11.6 Å². The van der Waals surface area contributed by atoms with Crippen LogP contribution in [-0.2, 0) is 21.2 Å². The number of pyridine rings is 1. The predicted molar refractivity (Wildman–Crippen MR) is 78.4 cm³/mol. The number of nitrogens with zero attached hydrogens (tertiary/aromatic N) is 1. The van der Waals surface area contributed by atoms with Crippen molar-refractivity contribution in [2.24, 2.45) is 0 Å². The Morgan fingerprint density at radius 2 is 1.95 bits per heavy atom. The van der Waals surface area contributed by atoms with E-state index in [4.69, 9.17) is 16.3 Å². The Kier molecular flexibility index (Phi) is 5.37. The lowest BCUT2D eigenvalue weighted by Crippen LogP contribution is -2.54. The standard InChI is InChI=1S/C13H19ClN2O3S/c14-11-13(4-8-19-9-5-13)16-20(17,18)10-3-12-1-6-15-7-2-12/h1-2,6-7,16H,3-5,8-11H2. The van der Waals surface area contributed by atoms with Crippen LogP contribution in [0.5, 0.6) is 0 Å². The number of aromatic nitrogens is 1.